The molecule has 2 N–H and O–H groups in total. The van der Waals surface area contributed by atoms with Gasteiger partial charge in [-0.05, 0) is 46.1 Å². The fraction of sp³-hybridized carbons (Fsp3) is 1.00. The van der Waals surface area contributed by atoms with E-state index in [9.17, 15) is 0 Å². The molecule has 0 spiro atoms. The lowest BCUT2D eigenvalue weighted by molar-refractivity contribution is 0.168. The van der Waals surface area contributed by atoms with E-state index in [1.165, 1.54) is 38.8 Å². The topological polar surface area (TPSA) is 29.3 Å². The lowest BCUT2D eigenvalue weighted by Crippen LogP contribution is -2.40. The summed E-state index contributed by atoms with van der Waals surface area (Å²) < 4.78 is 0. The molecule has 2 heteroatoms. The molecule has 1 atom stereocenters. The van der Waals surface area contributed by atoms with Gasteiger partial charge in [0.25, 0.3) is 0 Å². The second-order valence-corrected chi connectivity index (χ2v) is 5.24. The third-order valence-electron chi connectivity index (χ3n) is 3.50. The molecular weight excluding hydrogens is 172 g/mol. The smallest absolute Gasteiger partial charge is 0.0153 e. The van der Waals surface area contributed by atoms with Crippen LogP contribution in [0.5, 0.6) is 0 Å². The van der Waals surface area contributed by atoms with E-state index in [1.54, 1.807) is 0 Å². The summed E-state index contributed by atoms with van der Waals surface area (Å²) in [4.78, 5) is 2.60. The van der Waals surface area contributed by atoms with Gasteiger partial charge in [0.1, 0.15) is 0 Å². The maximum Gasteiger partial charge on any atom is 0.0153 e. The zero-order valence-corrected chi connectivity index (χ0v) is 10.1. The average molecular weight is 198 g/mol. The van der Waals surface area contributed by atoms with Crippen LogP contribution in [0.1, 0.15) is 52.9 Å². The molecule has 1 rings (SSSR count). The van der Waals surface area contributed by atoms with Gasteiger partial charge in [0.2, 0.25) is 0 Å². The molecule has 0 saturated carbocycles. The van der Waals surface area contributed by atoms with Gasteiger partial charge in [0.05, 0.1) is 0 Å². The minimum atomic E-state index is 0.413. The Kier molecular flexibility index (Phi) is 4.39. The molecule has 84 valence electrons. The van der Waals surface area contributed by atoms with Crippen LogP contribution >= 0.6 is 0 Å². The van der Waals surface area contributed by atoms with Crippen molar-refractivity contribution in [2.24, 2.45) is 5.73 Å². The molecule has 2 nitrogen and oxygen atoms in total. The fourth-order valence-corrected chi connectivity index (χ4v) is 2.41. The summed E-state index contributed by atoms with van der Waals surface area (Å²) in [7, 11) is 0. The van der Waals surface area contributed by atoms with Gasteiger partial charge in [-0.25, -0.2) is 0 Å². The number of hydrogen-bond acceptors (Lipinski definition) is 2. The number of rotatable bonds is 5. The first-order chi connectivity index (χ1) is 6.56. The highest BCUT2D eigenvalue weighted by molar-refractivity contribution is 4.88. The Morgan fingerprint density at radius 3 is 2.57 bits per heavy atom. The quantitative estimate of drug-likeness (QED) is 0.735. The normalized spacial score (nSPS) is 24.0. The summed E-state index contributed by atoms with van der Waals surface area (Å²) >= 11 is 0. The number of likely N-dealkylation sites (tertiary alicyclic amines) is 1. The Morgan fingerprint density at radius 1 is 1.36 bits per heavy atom. The molecule has 1 heterocycles. The van der Waals surface area contributed by atoms with Gasteiger partial charge in [-0.3, -0.25) is 4.90 Å². The standard InChI is InChI=1S/C12H26N2/c1-4-6-11(13)7-10-14-9-5-8-12(14,2)3/h11H,4-10,13H2,1-3H3. The molecule has 1 aliphatic rings. The highest BCUT2D eigenvalue weighted by Gasteiger charge is 2.31. The zero-order chi connectivity index (χ0) is 10.6. The Bertz CT molecular complexity index is 166. The highest BCUT2D eigenvalue weighted by Crippen LogP contribution is 2.28. The van der Waals surface area contributed by atoms with Crippen molar-refractivity contribution in [1.29, 1.82) is 0 Å². The van der Waals surface area contributed by atoms with Crippen LogP contribution in [0.25, 0.3) is 0 Å². The molecule has 14 heavy (non-hydrogen) atoms. The Labute approximate surface area is 88.8 Å². The van der Waals surface area contributed by atoms with E-state index in [2.05, 4.69) is 25.7 Å². The minimum Gasteiger partial charge on any atom is -0.328 e. The second kappa shape index (κ2) is 5.13. The Balaban J connectivity index is 2.24. The first kappa shape index (κ1) is 12.0. The summed E-state index contributed by atoms with van der Waals surface area (Å²) in [5.74, 6) is 0. The first-order valence-corrected chi connectivity index (χ1v) is 6.07. The summed E-state index contributed by atoms with van der Waals surface area (Å²) in [6.45, 7) is 9.37. The van der Waals surface area contributed by atoms with Gasteiger partial charge in [-0.2, -0.15) is 0 Å². The number of hydrogen-bond donors (Lipinski definition) is 1. The van der Waals surface area contributed by atoms with E-state index < -0.39 is 0 Å². The van der Waals surface area contributed by atoms with Crippen molar-refractivity contribution < 1.29 is 0 Å². The van der Waals surface area contributed by atoms with Crippen LogP contribution in [0.2, 0.25) is 0 Å². The maximum absolute atomic E-state index is 6.02. The molecule has 0 bridgehead atoms. The van der Waals surface area contributed by atoms with Crippen LogP contribution in [-0.4, -0.2) is 29.6 Å². The first-order valence-electron chi connectivity index (χ1n) is 6.07. The molecule has 0 radical (unpaired) electrons. The predicted octanol–water partition coefficient (Wildman–Crippen LogP) is 2.38. The average Bonchev–Trinajstić information content (AvgIpc) is 2.42. The maximum atomic E-state index is 6.02. The Hall–Kier alpha value is -0.0800. The van der Waals surface area contributed by atoms with Crippen LogP contribution < -0.4 is 5.73 Å². The van der Waals surface area contributed by atoms with Crippen LogP contribution in [0, 0.1) is 0 Å². The van der Waals surface area contributed by atoms with Crippen molar-refractivity contribution in [3.05, 3.63) is 0 Å². The Morgan fingerprint density at radius 2 is 2.07 bits per heavy atom. The van der Waals surface area contributed by atoms with E-state index in [4.69, 9.17) is 5.73 Å². The molecule has 0 aromatic rings. The number of nitrogens with zero attached hydrogens (tertiary/aromatic N) is 1. The van der Waals surface area contributed by atoms with Crippen LogP contribution in [-0.2, 0) is 0 Å². The molecule has 1 aliphatic heterocycles. The van der Waals surface area contributed by atoms with Gasteiger partial charge in [0, 0.05) is 18.1 Å². The van der Waals surface area contributed by atoms with Crippen LogP contribution in [0.15, 0.2) is 0 Å². The van der Waals surface area contributed by atoms with Gasteiger partial charge in [-0.15, -0.1) is 0 Å². The highest BCUT2D eigenvalue weighted by atomic mass is 15.2. The summed E-state index contributed by atoms with van der Waals surface area (Å²) in [5, 5.41) is 0. The summed E-state index contributed by atoms with van der Waals surface area (Å²) in [6.07, 6.45) is 6.25. The SMILES string of the molecule is CCCC(N)CCN1CCCC1(C)C. The van der Waals surface area contributed by atoms with Gasteiger partial charge in [0.15, 0.2) is 0 Å². The van der Waals surface area contributed by atoms with Crippen molar-refractivity contribution >= 4 is 0 Å². The summed E-state index contributed by atoms with van der Waals surface area (Å²) in [5.41, 5.74) is 6.45. The van der Waals surface area contributed by atoms with Crippen molar-refractivity contribution in [1.82, 2.24) is 4.90 Å². The molecule has 0 aliphatic carbocycles. The predicted molar refractivity (Wildman–Crippen MR) is 62.4 cm³/mol. The molecule has 1 unspecified atom stereocenters. The van der Waals surface area contributed by atoms with E-state index in [0.717, 1.165) is 6.42 Å². The van der Waals surface area contributed by atoms with E-state index >= 15 is 0 Å². The second-order valence-electron chi connectivity index (χ2n) is 5.24. The lowest BCUT2D eigenvalue weighted by atomic mass is 10.0. The molecule has 1 fully saturated rings. The summed E-state index contributed by atoms with van der Waals surface area (Å²) in [6, 6.07) is 0.413. The monoisotopic (exact) mass is 198 g/mol. The third kappa shape index (κ3) is 3.25. The van der Waals surface area contributed by atoms with E-state index in [1.807, 2.05) is 0 Å². The third-order valence-corrected chi connectivity index (χ3v) is 3.50. The lowest BCUT2D eigenvalue weighted by Gasteiger charge is -2.32. The molecule has 0 aromatic heterocycles. The van der Waals surface area contributed by atoms with Gasteiger partial charge >= 0.3 is 0 Å². The van der Waals surface area contributed by atoms with Crippen molar-refractivity contribution in [2.75, 3.05) is 13.1 Å². The van der Waals surface area contributed by atoms with E-state index in [0.29, 0.717) is 11.6 Å². The van der Waals surface area contributed by atoms with Crippen molar-refractivity contribution in [2.45, 2.75) is 64.5 Å². The van der Waals surface area contributed by atoms with E-state index in [-0.39, 0.29) is 0 Å². The van der Waals surface area contributed by atoms with Crippen LogP contribution in [0.3, 0.4) is 0 Å². The largest absolute Gasteiger partial charge is 0.328 e. The molecule has 0 aromatic carbocycles. The van der Waals surface area contributed by atoms with Gasteiger partial charge in [-0.1, -0.05) is 13.3 Å². The van der Waals surface area contributed by atoms with Crippen molar-refractivity contribution in [3.63, 3.8) is 0 Å². The molecular formula is C12H26N2. The zero-order valence-electron chi connectivity index (χ0n) is 10.1. The van der Waals surface area contributed by atoms with Gasteiger partial charge < -0.3 is 5.73 Å². The van der Waals surface area contributed by atoms with Crippen LogP contribution in [0.4, 0.5) is 0 Å². The molecule has 0 amide bonds. The number of nitrogens with two attached hydrogens (primary N) is 1. The minimum absolute atomic E-state index is 0.413. The van der Waals surface area contributed by atoms with Crippen molar-refractivity contribution in [3.8, 4) is 0 Å². The molecule has 1 saturated heterocycles. The fourth-order valence-electron chi connectivity index (χ4n) is 2.41.